The molecule has 0 aromatic heterocycles. The Hall–Kier alpha value is -3.08. The Labute approximate surface area is 241 Å². The van der Waals surface area contributed by atoms with Gasteiger partial charge in [-0.05, 0) is 101 Å². The average Bonchev–Trinajstić information content (AvgIpc) is 3.13. The summed E-state index contributed by atoms with van der Waals surface area (Å²) in [7, 11) is -4.02. The number of amides is 2. The van der Waals surface area contributed by atoms with Crippen molar-refractivity contribution in [2.75, 3.05) is 13.2 Å². The van der Waals surface area contributed by atoms with Crippen LogP contribution in [0, 0.1) is 13.8 Å². The molecule has 2 amide bonds. The Bertz CT molecular complexity index is 1550. The topological polar surface area (TPSA) is 90.0 Å². The van der Waals surface area contributed by atoms with Crippen LogP contribution in [0.3, 0.4) is 0 Å². The second-order valence-electron chi connectivity index (χ2n) is 9.42. The number of thioether (sulfide) groups is 1. The van der Waals surface area contributed by atoms with E-state index in [1.165, 1.54) is 23.1 Å². The molecule has 0 N–H and O–H groups in total. The minimum atomic E-state index is -4.02. The van der Waals surface area contributed by atoms with Crippen LogP contribution in [0.1, 0.15) is 42.0 Å². The number of benzene rings is 3. The molecule has 1 heterocycles. The largest absolute Gasteiger partial charge is 0.491 e. The maximum Gasteiger partial charge on any atom is 0.339 e. The molecule has 1 fully saturated rings. The van der Waals surface area contributed by atoms with Crippen molar-refractivity contribution < 1.29 is 26.9 Å². The lowest BCUT2D eigenvalue weighted by atomic mass is 10.0. The Morgan fingerprint density at radius 1 is 0.949 bits per heavy atom. The summed E-state index contributed by atoms with van der Waals surface area (Å²) in [5.74, 6) is 0.735. The maximum absolute atomic E-state index is 13.0. The number of ether oxygens (including phenoxy) is 1. The fraction of sp³-hybridized carbons (Fsp3) is 0.241. The van der Waals surface area contributed by atoms with Gasteiger partial charge in [0.15, 0.2) is 5.75 Å². The van der Waals surface area contributed by atoms with Crippen molar-refractivity contribution in [2.45, 2.75) is 38.5 Å². The summed E-state index contributed by atoms with van der Waals surface area (Å²) in [5.41, 5.74) is 3.67. The molecule has 0 unspecified atom stereocenters. The average molecular weight is 631 g/mol. The smallest absolute Gasteiger partial charge is 0.339 e. The molecule has 0 saturated carbocycles. The van der Waals surface area contributed by atoms with Gasteiger partial charge in [-0.3, -0.25) is 14.5 Å². The first-order chi connectivity index (χ1) is 18.4. The number of hydrogen-bond acceptors (Lipinski definition) is 7. The molecule has 1 saturated heterocycles. The van der Waals surface area contributed by atoms with Crippen LogP contribution in [0.15, 0.2) is 74.9 Å². The summed E-state index contributed by atoms with van der Waals surface area (Å²) in [5, 5.41) is -0.369. The number of aryl methyl sites for hydroxylation is 2. The molecule has 0 bridgehead atoms. The normalized spacial score (nSPS) is 14.9. The molecule has 10 heteroatoms. The monoisotopic (exact) mass is 629 g/mol. The summed E-state index contributed by atoms with van der Waals surface area (Å²) in [6.07, 6.45) is 1.59. The first-order valence-electron chi connectivity index (χ1n) is 12.2. The van der Waals surface area contributed by atoms with Gasteiger partial charge in [-0.2, -0.15) is 8.42 Å². The number of halogens is 1. The third-order valence-corrected chi connectivity index (χ3v) is 8.78. The van der Waals surface area contributed by atoms with Crippen LogP contribution in [0.4, 0.5) is 4.79 Å². The van der Waals surface area contributed by atoms with E-state index in [2.05, 4.69) is 29.8 Å². The van der Waals surface area contributed by atoms with E-state index in [0.29, 0.717) is 10.0 Å². The van der Waals surface area contributed by atoms with E-state index in [9.17, 15) is 18.0 Å². The zero-order valence-corrected chi connectivity index (χ0v) is 25.2. The molecule has 204 valence electrons. The summed E-state index contributed by atoms with van der Waals surface area (Å²) >= 11 is 4.20. The molecule has 1 aliphatic heterocycles. The van der Waals surface area contributed by atoms with Gasteiger partial charge < -0.3 is 8.92 Å². The third kappa shape index (κ3) is 6.93. The van der Waals surface area contributed by atoms with Gasteiger partial charge in [-0.25, -0.2) is 0 Å². The highest BCUT2D eigenvalue weighted by Gasteiger charge is 2.35. The standard InChI is InChI=1S/C29H28BrNO6S2/c1-18(2)23-11-7-20(4)15-26(23)36-14-13-31-28(32)27(38-29(31)33)17-21-8-12-25(24(30)16-21)37-39(34,35)22-9-5-19(3)6-10-22/h5-12,15-18H,13-14H2,1-4H3/b27-17-. The van der Waals surface area contributed by atoms with E-state index >= 15 is 0 Å². The summed E-state index contributed by atoms with van der Waals surface area (Å²) in [6, 6.07) is 17.1. The lowest BCUT2D eigenvalue weighted by molar-refractivity contribution is -0.123. The fourth-order valence-corrected chi connectivity index (χ4v) is 6.28. The molecule has 4 rings (SSSR count). The molecular weight excluding hydrogens is 602 g/mol. The summed E-state index contributed by atoms with van der Waals surface area (Å²) in [4.78, 5) is 27.0. The molecular formula is C29H28BrNO6S2. The van der Waals surface area contributed by atoms with Gasteiger partial charge >= 0.3 is 10.1 Å². The Morgan fingerprint density at radius 2 is 1.64 bits per heavy atom. The number of carbonyl (C=O) groups excluding carboxylic acids is 2. The van der Waals surface area contributed by atoms with Crippen LogP contribution in [0.2, 0.25) is 0 Å². The van der Waals surface area contributed by atoms with Crippen LogP contribution in [0.5, 0.6) is 11.5 Å². The number of nitrogens with zero attached hydrogens (tertiary/aromatic N) is 1. The molecule has 3 aromatic rings. The molecule has 0 radical (unpaired) electrons. The highest BCUT2D eigenvalue weighted by Crippen LogP contribution is 2.35. The minimum absolute atomic E-state index is 0.0459. The molecule has 1 aliphatic rings. The third-order valence-electron chi connectivity index (χ3n) is 6.00. The van der Waals surface area contributed by atoms with E-state index < -0.39 is 16.0 Å². The number of rotatable bonds is 9. The first-order valence-corrected chi connectivity index (χ1v) is 15.3. The zero-order chi connectivity index (χ0) is 28.3. The van der Waals surface area contributed by atoms with E-state index in [0.717, 1.165) is 34.2 Å². The Balaban J connectivity index is 1.42. The first kappa shape index (κ1) is 28.9. The molecule has 3 aromatic carbocycles. The predicted molar refractivity (Wildman–Crippen MR) is 157 cm³/mol. The second-order valence-corrected chi connectivity index (χ2v) is 12.8. The van der Waals surface area contributed by atoms with Crippen LogP contribution in [-0.4, -0.2) is 37.6 Å². The Kier molecular flexibility index (Phi) is 8.88. The van der Waals surface area contributed by atoms with Crippen molar-refractivity contribution in [2.24, 2.45) is 0 Å². The summed E-state index contributed by atoms with van der Waals surface area (Å²) < 4.78 is 36.9. The molecule has 0 spiro atoms. The SMILES string of the molecule is Cc1ccc(S(=O)(=O)Oc2ccc(/C=C3\SC(=O)N(CCOc4cc(C)ccc4C(C)C)C3=O)cc2Br)cc1. The zero-order valence-electron chi connectivity index (χ0n) is 21.9. The van der Waals surface area contributed by atoms with Gasteiger partial charge in [-0.15, -0.1) is 0 Å². The predicted octanol–water partition coefficient (Wildman–Crippen LogP) is 7.07. The van der Waals surface area contributed by atoms with Crippen molar-refractivity contribution >= 4 is 55.0 Å². The van der Waals surface area contributed by atoms with Crippen LogP contribution < -0.4 is 8.92 Å². The highest BCUT2D eigenvalue weighted by atomic mass is 79.9. The quantitative estimate of drug-likeness (QED) is 0.185. The summed E-state index contributed by atoms with van der Waals surface area (Å²) in [6.45, 7) is 8.32. The fourth-order valence-electron chi connectivity index (χ4n) is 3.88. The van der Waals surface area contributed by atoms with Crippen LogP contribution in [0.25, 0.3) is 6.08 Å². The van der Waals surface area contributed by atoms with E-state index in [1.807, 2.05) is 32.0 Å². The lowest BCUT2D eigenvalue weighted by Crippen LogP contribution is -2.32. The second kappa shape index (κ2) is 12.0. The van der Waals surface area contributed by atoms with Crippen molar-refractivity contribution in [3.63, 3.8) is 0 Å². The van der Waals surface area contributed by atoms with E-state index in [-0.39, 0.29) is 39.9 Å². The maximum atomic E-state index is 13.0. The number of hydrogen-bond donors (Lipinski definition) is 0. The van der Waals surface area contributed by atoms with Crippen LogP contribution in [-0.2, 0) is 14.9 Å². The number of imide groups is 1. The van der Waals surface area contributed by atoms with E-state index in [1.54, 1.807) is 30.3 Å². The lowest BCUT2D eigenvalue weighted by Gasteiger charge is -2.17. The molecule has 0 aliphatic carbocycles. The Morgan fingerprint density at radius 3 is 2.31 bits per heavy atom. The van der Waals surface area contributed by atoms with Crippen molar-refractivity contribution in [3.8, 4) is 11.5 Å². The van der Waals surface area contributed by atoms with E-state index in [4.69, 9.17) is 8.92 Å². The van der Waals surface area contributed by atoms with Crippen molar-refractivity contribution in [3.05, 3.63) is 92.3 Å². The van der Waals surface area contributed by atoms with Gasteiger partial charge in [0.2, 0.25) is 0 Å². The van der Waals surface area contributed by atoms with Gasteiger partial charge in [-0.1, -0.05) is 49.7 Å². The minimum Gasteiger partial charge on any atom is -0.491 e. The highest BCUT2D eigenvalue weighted by molar-refractivity contribution is 9.10. The van der Waals surface area contributed by atoms with Gasteiger partial charge in [0.05, 0.1) is 15.9 Å². The van der Waals surface area contributed by atoms with Crippen molar-refractivity contribution in [1.29, 1.82) is 0 Å². The molecule has 0 atom stereocenters. The van der Waals surface area contributed by atoms with Gasteiger partial charge in [0, 0.05) is 0 Å². The van der Waals surface area contributed by atoms with Gasteiger partial charge in [0.25, 0.3) is 11.1 Å². The van der Waals surface area contributed by atoms with Crippen molar-refractivity contribution in [1.82, 2.24) is 4.90 Å². The number of carbonyl (C=O) groups is 2. The molecule has 39 heavy (non-hydrogen) atoms. The molecule has 7 nitrogen and oxygen atoms in total. The van der Waals surface area contributed by atoms with Crippen LogP contribution >= 0.6 is 27.7 Å². The van der Waals surface area contributed by atoms with Gasteiger partial charge in [0.1, 0.15) is 17.3 Å².